The molecular formula is C30H26N6O4. The number of carbonyl (C=O) groups excluding carboxylic acids is 4. The first-order valence-corrected chi connectivity index (χ1v) is 12.4. The molecule has 40 heavy (non-hydrogen) atoms. The van der Waals surface area contributed by atoms with Gasteiger partial charge in [0.05, 0.1) is 33.6 Å². The number of anilines is 8. The Morgan fingerprint density at radius 1 is 0.500 bits per heavy atom. The van der Waals surface area contributed by atoms with Crippen molar-refractivity contribution in [1.82, 2.24) is 0 Å². The van der Waals surface area contributed by atoms with Gasteiger partial charge in [-0.25, -0.2) is 0 Å². The van der Waals surface area contributed by atoms with Gasteiger partial charge < -0.3 is 32.7 Å². The van der Waals surface area contributed by atoms with Crippen LogP contribution in [0.1, 0.15) is 45.7 Å². The number of amides is 2. The minimum atomic E-state index is -0.450. The second-order valence-corrected chi connectivity index (χ2v) is 9.33. The van der Waals surface area contributed by atoms with Gasteiger partial charge in [-0.1, -0.05) is 0 Å². The second-order valence-electron chi connectivity index (χ2n) is 9.33. The summed E-state index contributed by atoms with van der Waals surface area (Å²) >= 11 is 0. The summed E-state index contributed by atoms with van der Waals surface area (Å²) in [5.41, 5.74) is 16.5. The van der Waals surface area contributed by atoms with E-state index in [2.05, 4.69) is 21.3 Å². The van der Waals surface area contributed by atoms with E-state index in [9.17, 15) is 19.2 Å². The molecule has 0 aromatic heterocycles. The Morgan fingerprint density at radius 2 is 0.825 bits per heavy atom. The van der Waals surface area contributed by atoms with Crippen molar-refractivity contribution in [2.45, 2.75) is 13.8 Å². The van der Waals surface area contributed by atoms with E-state index in [0.29, 0.717) is 34.1 Å². The number of nitrogens with two attached hydrogens (primary N) is 2. The van der Waals surface area contributed by atoms with Crippen LogP contribution in [0.3, 0.4) is 0 Å². The van der Waals surface area contributed by atoms with Crippen LogP contribution in [-0.2, 0) is 9.59 Å². The molecule has 0 heterocycles. The summed E-state index contributed by atoms with van der Waals surface area (Å²) in [5.74, 6) is -1.25. The number of benzene rings is 4. The van der Waals surface area contributed by atoms with Crippen LogP contribution in [0.25, 0.3) is 0 Å². The molecule has 10 nitrogen and oxygen atoms in total. The standard InChI is InChI=1S/C30H26N6O4/c1-15(37)33-17-3-7-19(8-4-17)35-23-13-11-21(31)25-27(23)30(40)28-24(14-12-22(32)26(28)29(25)39)36-20-9-5-18(6-10-20)34-16(2)38/h3-14,35-36H,31-32H2,1-2H3,(H,33,37)(H,34,38). The Morgan fingerprint density at radius 3 is 1.18 bits per heavy atom. The van der Waals surface area contributed by atoms with Gasteiger partial charge in [-0.15, -0.1) is 0 Å². The lowest BCUT2D eigenvalue weighted by Gasteiger charge is -2.25. The van der Waals surface area contributed by atoms with Crippen molar-refractivity contribution in [1.29, 1.82) is 0 Å². The first kappa shape index (κ1) is 26.0. The monoisotopic (exact) mass is 534 g/mol. The lowest BCUT2D eigenvalue weighted by molar-refractivity contribution is -0.115. The first-order chi connectivity index (χ1) is 19.1. The molecule has 5 rings (SSSR count). The van der Waals surface area contributed by atoms with Crippen molar-refractivity contribution in [3.05, 3.63) is 95.1 Å². The van der Waals surface area contributed by atoms with Crippen molar-refractivity contribution in [3.63, 3.8) is 0 Å². The number of nitrogens with one attached hydrogen (secondary N) is 4. The van der Waals surface area contributed by atoms with Crippen LogP contribution in [0, 0.1) is 0 Å². The molecule has 4 aromatic rings. The van der Waals surface area contributed by atoms with Crippen molar-refractivity contribution in [2.75, 3.05) is 32.7 Å². The van der Waals surface area contributed by atoms with Gasteiger partial charge in [0.1, 0.15) is 0 Å². The van der Waals surface area contributed by atoms with Crippen molar-refractivity contribution in [2.24, 2.45) is 0 Å². The van der Waals surface area contributed by atoms with Crippen molar-refractivity contribution >= 4 is 68.9 Å². The molecule has 1 aliphatic rings. The summed E-state index contributed by atoms with van der Waals surface area (Å²) in [6, 6.07) is 20.3. The highest BCUT2D eigenvalue weighted by atomic mass is 16.2. The van der Waals surface area contributed by atoms with E-state index in [1.807, 2.05) is 0 Å². The molecule has 1 aliphatic carbocycles. The van der Waals surface area contributed by atoms with E-state index in [4.69, 9.17) is 11.5 Å². The van der Waals surface area contributed by atoms with Crippen LogP contribution < -0.4 is 32.7 Å². The van der Waals surface area contributed by atoms with E-state index in [1.54, 1.807) is 72.8 Å². The molecule has 2 amide bonds. The Labute approximate surface area is 229 Å². The fraction of sp³-hybridized carbons (Fsp3) is 0.0667. The van der Waals surface area contributed by atoms with E-state index < -0.39 is 11.6 Å². The van der Waals surface area contributed by atoms with Gasteiger partial charge in [-0.2, -0.15) is 0 Å². The molecule has 0 unspecified atom stereocenters. The molecule has 10 heteroatoms. The molecule has 0 atom stereocenters. The number of hydrogen-bond donors (Lipinski definition) is 6. The van der Waals surface area contributed by atoms with Gasteiger partial charge in [0, 0.05) is 48.0 Å². The van der Waals surface area contributed by atoms with Crippen LogP contribution in [0.15, 0.2) is 72.8 Å². The van der Waals surface area contributed by atoms with E-state index >= 15 is 0 Å². The van der Waals surface area contributed by atoms with E-state index in [1.165, 1.54) is 13.8 Å². The Balaban J connectivity index is 1.54. The van der Waals surface area contributed by atoms with Gasteiger partial charge in [0.25, 0.3) is 0 Å². The fourth-order valence-corrected chi connectivity index (χ4v) is 4.65. The van der Waals surface area contributed by atoms with Gasteiger partial charge >= 0.3 is 0 Å². The lowest BCUT2D eigenvalue weighted by atomic mass is 9.80. The van der Waals surface area contributed by atoms with Crippen molar-refractivity contribution in [3.8, 4) is 0 Å². The van der Waals surface area contributed by atoms with Gasteiger partial charge in [0.2, 0.25) is 11.8 Å². The normalized spacial score (nSPS) is 11.8. The van der Waals surface area contributed by atoms with E-state index in [0.717, 1.165) is 0 Å². The molecule has 4 aromatic carbocycles. The average molecular weight is 535 g/mol. The third kappa shape index (κ3) is 4.93. The molecule has 8 N–H and O–H groups in total. The summed E-state index contributed by atoms with van der Waals surface area (Å²) < 4.78 is 0. The highest BCUT2D eigenvalue weighted by molar-refractivity contribution is 6.35. The highest BCUT2D eigenvalue weighted by Gasteiger charge is 2.37. The van der Waals surface area contributed by atoms with Gasteiger partial charge in [0.15, 0.2) is 11.6 Å². The Kier molecular flexibility index (Phi) is 6.66. The Bertz CT molecular complexity index is 1570. The average Bonchev–Trinajstić information content (AvgIpc) is 2.90. The predicted octanol–water partition coefficient (Wildman–Crippen LogP) is 5.03. The predicted molar refractivity (Wildman–Crippen MR) is 157 cm³/mol. The molecule has 0 spiro atoms. The maximum atomic E-state index is 14.1. The van der Waals surface area contributed by atoms with Crippen LogP contribution in [-0.4, -0.2) is 23.4 Å². The summed E-state index contributed by atoms with van der Waals surface area (Å²) in [6.07, 6.45) is 0. The molecule has 200 valence electrons. The van der Waals surface area contributed by atoms with Crippen LogP contribution in [0.2, 0.25) is 0 Å². The van der Waals surface area contributed by atoms with Crippen LogP contribution in [0.5, 0.6) is 0 Å². The van der Waals surface area contributed by atoms with Gasteiger partial charge in [-0.3, -0.25) is 19.2 Å². The number of hydrogen-bond acceptors (Lipinski definition) is 8. The zero-order valence-electron chi connectivity index (χ0n) is 21.7. The third-order valence-corrected chi connectivity index (χ3v) is 6.35. The quantitative estimate of drug-likeness (QED) is 0.165. The minimum absolute atomic E-state index is 0.0841. The zero-order valence-corrected chi connectivity index (χ0v) is 21.7. The number of fused-ring (bicyclic) bond motifs is 2. The molecule has 0 fully saturated rings. The fourth-order valence-electron chi connectivity index (χ4n) is 4.65. The van der Waals surface area contributed by atoms with Crippen LogP contribution >= 0.6 is 0 Å². The molecule has 0 bridgehead atoms. The third-order valence-electron chi connectivity index (χ3n) is 6.35. The largest absolute Gasteiger partial charge is 0.398 e. The smallest absolute Gasteiger partial charge is 0.221 e. The van der Waals surface area contributed by atoms with Gasteiger partial charge in [-0.05, 0) is 72.8 Å². The van der Waals surface area contributed by atoms with Crippen molar-refractivity contribution < 1.29 is 19.2 Å². The first-order valence-electron chi connectivity index (χ1n) is 12.4. The molecule has 0 saturated heterocycles. The summed E-state index contributed by atoms with van der Waals surface area (Å²) in [7, 11) is 0. The summed E-state index contributed by atoms with van der Waals surface area (Å²) in [6.45, 7) is 2.84. The number of rotatable bonds is 6. The second kappa shape index (κ2) is 10.3. The number of ketones is 2. The molecule has 0 radical (unpaired) electrons. The molecule has 0 aliphatic heterocycles. The maximum Gasteiger partial charge on any atom is 0.221 e. The minimum Gasteiger partial charge on any atom is -0.398 e. The topological polar surface area (TPSA) is 168 Å². The number of nitrogen functional groups attached to an aromatic ring is 2. The summed E-state index contributed by atoms with van der Waals surface area (Å²) in [4.78, 5) is 50.5. The zero-order chi connectivity index (χ0) is 28.6. The maximum absolute atomic E-state index is 14.1. The van der Waals surface area contributed by atoms with Crippen LogP contribution in [0.4, 0.5) is 45.5 Å². The SMILES string of the molecule is CC(=O)Nc1ccc(Nc2ccc(N)c3c2C(=O)c2c(Nc4ccc(NC(C)=O)cc4)ccc(N)c2C3=O)cc1. The molecular weight excluding hydrogens is 508 g/mol. The lowest BCUT2D eigenvalue weighted by Crippen LogP contribution is -2.26. The molecule has 0 saturated carbocycles. The number of carbonyl (C=O) groups is 4. The van der Waals surface area contributed by atoms with E-state index in [-0.39, 0.29) is 45.4 Å². The highest BCUT2D eigenvalue weighted by Crippen LogP contribution is 2.41. The Hall–Kier alpha value is -5.64. The summed E-state index contributed by atoms with van der Waals surface area (Å²) in [5, 5.41) is 11.8.